The third-order valence-electron chi connectivity index (χ3n) is 3.11. The molecule has 0 aliphatic carbocycles. The topological polar surface area (TPSA) is 9.23 Å². The Labute approximate surface area is 112 Å². The Morgan fingerprint density at radius 1 is 1.00 bits per heavy atom. The molecule has 0 aliphatic rings. The molecule has 0 atom stereocenters. The lowest BCUT2D eigenvalue weighted by molar-refractivity contribution is 0.304. The second-order valence-corrected chi connectivity index (χ2v) is 5.77. The van der Waals surface area contributed by atoms with Gasteiger partial charge in [-0.2, -0.15) is 0 Å². The van der Waals surface area contributed by atoms with Gasteiger partial charge in [0.15, 0.2) is 0 Å². The van der Waals surface area contributed by atoms with Crippen molar-refractivity contribution < 1.29 is 4.74 Å². The monoisotopic (exact) mass is 250 g/mol. The van der Waals surface area contributed by atoms with E-state index in [0.29, 0.717) is 0 Å². The summed E-state index contributed by atoms with van der Waals surface area (Å²) in [4.78, 5) is 0. The average Bonchev–Trinajstić information content (AvgIpc) is 2.33. The first kappa shape index (κ1) is 15.0. The Balaban J connectivity index is 2.34. The first-order valence-electron chi connectivity index (χ1n) is 7.09. The van der Waals surface area contributed by atoms with Crippen LogP contribution in [0, 0.1) is 0 Å². The van der Waals surface area contributed by atoms with Crippen molar-refractivity contribution in [3.8, 4) is 5.75 Å². The predicted molar refractivity (Wildman–Crippen MR) is 80.3 cm³/mol. The van der Waals surface area contributed by atoms with Gasteiger partial charge in [-0.05, 0) is 18.6 Å². The molecule has 2 nitrogen and oxygen atoms in total. The summed E-state index contributed by atoms with van der Waals surface area (Å²) >= 11 is 0. The molecule has 0 bridgehead atoms. The fourth-order valence-corrected chi connectivity index (χ4v) is 1.89. The Hall–Kier alpha value is -1.02. The van der Waals surface area contributed by atoms with Crippen LogP contribution in [0.4, 0.5) is 5.69 Å². The zero-order valence-corrected chi connectivity index (χ0v) is 12.4. The Morgan fingerprint density at radius 2 is 1.72 bits per heavy atom. The van der Waals surface area contributed by atoms with Crippen molar-refractivity contribution in [2.45, 2.75) is 39.0 Å². The molecule has 0 fully saturated rings. The van der Waals surface area contributed by atoms with E-state index in [-0.39, 0.29) is 0 Å². The predicted octanol–water partition coefficient (Wildman–Crippen LogP) is 4.23. The van der Waals surface area contributed by atoms with Crippen LogP contribution in [0.3, 0.4) is 0 Å². The number of rotatable bonds is 8. The van der Waals surface area contributed by atoms with E-state index in [0.717, 1.165) is 23.3 Å². The van der Waals surface area contributed by atoms with Crippen molar-refractivity contribution in [3.63, 3.8) is 0 Å². The summed E-state index contributed by atoms with van der Waals surface area (Å²) in [7, 11) is 6.51. The third kappa shape index (κ3) is 5.54. The molecule has 0 aromatic heterocycles. The van der Waals surface area contributed by atoms with Crippen LogP contribution in [-0.2, 0) is 0 Å². The van der Waals surface area contributed by atoms with Crippen LogP contribution < -0.4 is 9.22 Å². The van der Waals surface area contributed by atoms with Gasteiger partial charge in [0.05, 0.1) is 27.7 Å². The van der Waals surface area contributed by atoms with Crippen molar-refractivity contribution in [1.29, 1.82) is 0 Å². The van der Waals surface area contributed by atoms with Gasteiger partial charge in [-0.1, -0.05) is 38.7 Å². The lowest BCUT2D eigenvalue weighted by atomic mass is 10.2. The standard InChI is InChI=1S/C16H28NO/c1-5-6-7-8-9-13-18-16-12-10-11-15(14-16)17(2,3)4/h10-12,14H,5-9,13H2,1-4H3/q+1. The summed E-state index contributed by atoms with van der Waals surface area (Å²) in [5.74, 6) is 0.996. The number of hydrogen-bond donors (Lipinski definition) is 0. The van der Waals surface area contributed by atoms with E-state index in [1.165, 1.54) is 31.4 Å². The summed E-state index contributed by atoms with van der Waals surface area (Å²) in [6, 6.07) is 8.41. The van der Waals surface area contributed by atoms with E-state index in [1.807, 2.05) is 6.07 Å². The SMILES string of the molecule is CCCCCCCOc1cccc([N+](C)(C)C)c1. The van der Waals surface area contributed by atoms with Crippen LogP contribution in [0.2, 0.25) is 0 Å². The highest BCUT2D eigenvalue weighted by molar-refractivity contribution is 5.46. The summed E-state index contributed by atoms with van der Waals surface area (Å²) in [6.45, 7) is 3.08. The number of quaternary nitrogens is 1. The first-order chi connectivity index (χ1) is 8.54. The van der Waals surface area contributed by atoms with Crippen LogP contribution in [0.15, 0.2) is 24.3 Å². The van der Waals surface area contributed by atoms with Gasteiger partial charge in [-0.15, -0.1) is 0 Å². The van der Waals surface area contributed by atoms with E-state index in [9.17, 15) is 0 Å². The fraction of sp³-hybridized carbons (Fsp3) is 0.625. The van der Waals surface area contributed by atoms with Crippen LogP contribution in [0.5, 0.6) is 5.75 Å². The Bertz CT molecular complexity index is 341. The van der Waals surface area contributed by atoms with Crippen LogP contribution in [0.25, 0.3) is 0 Å². The van der Waals surface area contributed by atoms with E-state index in [1.54, 1.807) is 0 Å². The molecule has 0 saturated carbocycles. The average molecular weight is 250 g/mol. The highest BCUT2D eigenvalue weighted by atomic mass is 16.5. The first-order valence-corrected chi connectivity index (χ1v) is 7.09. The third-order valence-corrected chi connectivity index (χ3v) is 3.11. The van der Waals surface area contributed by atoms with Crippen molar-refractivity contribution in [1.82, 2.24) is 4.48 Å². The zero-order valence-electron chi connectivity index (χ0n) is 12.4. The van der Waals surface area contributed by atoms with E-state index in [2.05, 4.69) is 46.3 Å². The number of hydrogen-bond acceptors (Lipinski definition) is 1. The maximum absolute atomic E-state index is 5.81. The molecule has 0 radical (unpaired) electrons. The smallest absolute Gasteiger partial charge is 0.135 e. The minimum Gasteiger partial charge on any atom is -0.493 e. The molecule has 102 valence electrons. The molecule has 0 heterocycles. The van der Waals surface area contributed by atoms with E-state index in [4.69, 9.17) is 4.74 Å². The summed E-state index contributed by atoms with van der Waals surface area (Å²) in [6.07, 6.45) is 6.42. The van der Waals surface area contributed by atoms with Gasteiger partial charge in [-0.3, -0.25) is 4.48 Å². The molecule has 1 aromatic carbocycles. The summed E-state index contributed by atoms with van der Waals surface area (Å²) < 4.78 is 6.64. The number of ether oxygens (including phenoxy) is 1. The highest BCUT2D eigenvalue weighted by Gasteiger charge is 2.12. The van der Waals surface area contributed by atoms with Gasteiger partial charge in [0, 0.05) is 6.07 Å². The molecule has 2 heteroatoms. The van der Waals surface area contributed by atoms with Crippen molar-refractivity contribution >= 4 is 5.69 Å². The molecule has 0 unspecified atom stereocenters. The fourth-order valence-electron chi connectivity index (χ4n) is 1.89. The molecule has 1 aromatic rings. The largest absolute Gasteiger partial charge is 0.493 e. The molecule has 1 rings (SSSR count). The van der Waals surface area contributed by atoms with Crippen LogP contribution >= 0.6 is 0 Å². The second-order valence-electron chi connectivity index (χ2n) is 5.77. The van der Waals surface area contributed by atoms with Crippen LogP contribution in [0.1, 0.15) is 39.0 Å². The normalized spacial score (nSPS) is 11.6. The van der Waals surface area contributed by atoms with Gasteiger partial charge in [0.25, 0.3) is 0 Å². The number of benzene rings is 1. The number of nitrogens with zero attached hydrogens (tertiary/aromatic N) is 1. The van der Waals surface area contributed by atoms with Crippen molar-refractivity contribution in [2.24, 2.45) is 0 Å². The van der Waals surface area contributed by atoms with Gasteiger partial charge in [0.2, 0.25) is 0 Å². The lowest BCUT2D eigenvalue weighted by Gasteiger charge is -2.23. The minimum atomic E-state index is 0.827. The molecule has 0 N–H and O–H groups in total. The minimum absolute atomic E-state index is 0.827. The summed E-state index contributed by atoms with van der Waals surface area (Å²) in [5, 5.41) is 0. The maximum Gasteiger partial charge on any atom is 0.135 e. The highest BCUT2D eigenvalue weighted by Crippen LogP contribution is 2.22. The van der Waals surface area contributed by atoms with E-state index >= 15 is 0 Å². The molecule has 0 amide bonds. The van der Waals surface area contributed by atoms with Gasteiger partial charge in [-0.25, -0.2) is 0 Å². The van der Waals surface area contributed by atoms with Gasteiger partial charge < -0.3 is 4.74 Å². The Kier molecular flexibility index (Phi) is 6.20. The van der Waals surface area contributed by atoms with Crippen molar-refractivity contribution in [3.05, 3.63) is 24.3 Å². The molecule has 0 spiro atoms. The van der Waals surface area contributed by atoms with E-state index < -0.39 is 0 Å². The maximum atomic E-state index is 5.81. The molecular weight excluding hydrogens is 222 g/mol. The molecule has 0 saturated heterocycles. The second kappa shape index (κ2) is 7.42. The van der Waals surface area contributed by atoms with Crippen molar-refractivity contribution in [2.75, 3.05) is 27.7 Å². The molecule has 0 aliphatic heterocycles. The van der Waals surface area contributed by atoms with Gasteiger partial charge in [0.1, 0.15) is 11.4 Å². The van der Waals surface area contributed by atoms with Gasteiger partial charge >= 0.3 is 0 Å². The molecule has 18 heavy (non-hydrogen) atoms. The molecular formula is C16H28NO+. The number of unbranched alkanes of at least 4 members (excludes halogenated alkanes) is 4. The quantitative estimate of drug-likeness (QED) is 0.495. The Morgan fingerprint density at radius 3 is 2.39 bits per heavy atom. The zero-order chi connectivity index (χ0) is 13.4. The lowest BCUT2D eigenvalue weighted by Crippen LogP contribution is -2.34. The van der Waals surface area contributed by atoms with Crippen LogP contribution in [-0.4, -0.2) is 27.7 Å². The summed E-state index contributed by atoms with van der Waals surface area (Å²) in [5.41, 5.74) is 1.28.